The Morgan fingerprint density at radius 2 is 2.07 bits per heavy atom. The summed E-state index contributed by atoms with van der Waals surface area (Å²) in [5, 5.41) is 17.6. The molecule has 0 radical (unpaired) electrons. The van der Waals surface area contributed by atoms with Crippen molar-refractivity contribution in [2.75, 3.05) is 6.61 Å². The van der Waals surface area contributed by atoms with Crippen LogP contribution in [0.15, 0.2) is 53.4 Å². The second kappa shape index (κ2) is 7.87. The number of benzene rings is 1. The van der Waals surface area contributed by atoms with Crippen LogP contribution < -0.4 is 5.32 Å². The van der Waals surface area contributed by atoms with Gasteiger partial charge >= 0.3 is 0 Å². The minimum atomic E-state index is -0.266. The zero-order valence-corrected chi connectivity index (χ0v) is 15.9. The molecule has 0 saturated heterocycles. The standard InChI is InChI=1S/C20H18N4O3S/c1-2-14(11-25)23-19(26)17-10-22-20(28-17)18-15-4-3-13(9-16(15)27-24-18)12-5-7-21-8-6-12/h3-10,14,25H,2,11H2,1H3,(H,23,26). The highest BCUT2D eigenvalue weighted by molar-refractivity contribution is 7.17. The van der Waals surface area contributed by atoms with E-state index in [1.807, 2.05) is 37.3 Å². The topological polar surface area (TPSA) is 101 Å². The van der Waals surface area contributed by atoms with Gasteiger partial charge in [-0.2, -0.15) is 0 Å². The van der Waals surface area contributed by atoms with Crippen LogP contribution in [0.4, 0.5) is 0 Å². The molecule has 142 valence electrons. The summed E-state index contributed by atoms with van der Waals surface area (Å²) in [5.41, 5.74) is 3.30. The number of nitrogens with one attached hydrogen (secondary N) is 1. The highest BCUT2D eigenvalue weighted by atomic mass is 32.1. The summed E-state index contributed by atoms with van der Waals surface area (Å²) in [4.78, 5) is 21.2. The molecule has 3 heterocycles. The maximum absolute atomic E-state index is 12.3. The van der Waals surface area contributed by atoms with Crippen LogP contribution in [-0.2, 0) is 0 Å². The van der Waals surface area contributed by atoms with Crippen LogP contribution >= 0.6 is 11.3 Å². The molecule has 1 unspecified atom stereocenters. The molecule has 0 aliphatic carbocycles. The van der Waals surface area contributed by atoms with Crippen molar-refractivity contribution in [3.8, 4) is 21.8 Å². The number of aromatic nitrogens is 3. The number of thiazole rings is 1. The Hall–Kier alpha value is -3.10. The fourth-order valence-corrected chi connectivity index (χ4v) is 3.65. The normalized spacial score (nSPS) is 12.2. The summed E-state index contributed by atoms with van der Waals surface area (Å²) in [7, 11) is 0. The highest BCUT2D eigenvalue weighted by Gasteiger charge is 2.19. The van der Waals surface area contributed by atoms with Crippen LogP contribution in [0.2, 0.25) is 0 Å². The molecule has 3 aromatic heterocycles. The molecule has 7 nitrogen and oxygen atoms in total. The third-order valence-electron chi connectivity index (χ3n) is 4.47. The van der Waals surface area contributed by atoms with Gasteiger partial charge in [0.2, 0.25) is 0 Å². The Morgan fingerprint density at radius 1 is 1.25 bits per heavy atom. The summed E-state index contributed by atoms with van der Waals surface area (Å²) >= 11 is 1.24. The minimum Gasteiger partial charge on any atom is -0.394 e. The zero-order valence-electron chi connectivity index (χ0n) is 15.1. The van der Waals surface area contributed by atoms with Gasteiger partial charge in [0.05, 0.1) is 24.2 Å². The van der Waals surface area contributed by atoms with Gasteiger partial charge in [-0.3, -0.25) is 9.78 Å². The van der Waals surface area contributed by atoms with E-state index >= 15 is 0 Å². The van der Waals surface area contributed by atoms with E-state index in [2.05, 4.69) is 20.4 Å². The molecule has 8 heteroatoms. The number of carbonyl (C=O) groups excluding carboxylic acids is 1. The van der Waals surface area contributed by atoms with Gasteiger partial charge in [-0.05, 0) is 41.8 Å². The number of rotatable bonds is 6. The first kappa shape index (κ1) is 18.3. The van der Waals surface area contributed by atoms with Gasteiger partial charge in [-0.1, -0.05) is 18.1 Å². The Kier molecular flexibility index (Phi) is 5.14. The number of carbonyl (C=O) groups is 1. The average Bonchev–Trinajstić information content (AvgIpc) is 3.39. The predicted molar refractivity (Wildman–Crippen MR) is 107 cm³/mol. The van der Waals surface area contributed by atoms with Crippen molar-refractivity contribution in [3.63, 3.8) is 0 Å². The zero-order chi connectivity index (χ0) is 19.5. The van der Waals surface area contributed by atoms with Crippen molar-refractivity contribution in [2.45, 2.75) is 19.4 Å². The van der Waals surface area contributed by atoms with Gasteiger partial charge in [-0.25, -0.2) is 4.98 Å². The van der Waals surface area contributed by atoms with Gasteiger partial charge in [0.15, 0.2) is 5.58 Å². The van der Waals surface area contributed by atoms with Crippen molar-refractivity contribution in [1.29, 1.82) is 0 Å². The number of hydrogen-bond acceptors (Lipinski definition) is 7. The Bertz CT molecular complexity index is 1100. The molecule has 0 fully saturated rings. The molecule has 4 aromatic rings. The fourth-order valence-electron chi connectivity index (χ4n) is 2.84. The fraction of sp³-hybridized carbons (Fsp3) is 0.200. The van der Waals surface area contributed by atoms with E-state index in [-0.39, 0.29) is 18.6 Å². The van der Waals surface area contributed by atoms with Crippen LogP contribution in [-0.4, -0.2) is 38.8 Å². The van der Waals surface area contributed by atoms with Crippen molar-refractivity contribution in [1.82, 2.24) is 20.4 Å². The third kappa shape index (κ3) is 3.51. The first-order valence-electron chi connectivity index (χ1n) is 8.87. The van der Waals surface area contributed by atoms with E-state index in [9.17, 15) is 9.90 Å². The van der Waals surface area contributed by atoms with Gasteiger partial charge in [0.25, 0.3) is 5.91 Å². The van der Waals surface area contributed by atoms with Crippen molar-refractivity contribution < 1.29 is 14.4 Å². The molecular formula is C20H18N4O3S. The second-order valence-electron chi connectivity index (χ2n) is 6.27. The lowest BCUT2D eigenvalue weighted by molar-refractivity contribution is 0.0919. The van der Waals surface area contributed by atoms with Crippen LogP contribution in [0.25, 0.3) is 32.8 Å². The molecule has 0 saturated carbocycles. The van der Waals surface area contributed by atoms with Gasteiger partial charge < -0.3 is 14.9 Å². The summed E-state index contributed by atoms with van der Waals surface area (Å²) in [6.07, 6.45) is 5.66. The maximum Gasteiger partial charge on any atom is 0.263 e. The lowest BCUT2D eigenvalue weighted by atomic mass is 10.1. The number of pyridine rings is 1. The third-order valence-corrected chi connectivity index (χ3v) is 5.47. The van der Waals surface area contributed by atoms with Gasteiger partial charge in [0.1, 0.15) is 15.6 Å². The van der Waals surface area contributed by atoms with Gasteiger partial charge in [0, 0.05) is 12.4 Å². The van der Waals surface area contributed by atoms with E-state index in [1.54, 1.807) is 12.4 Å². The molecule has 0 aliphatic heterocycles. The smallest absolute Gasteiger partial charge is 0.263 e. The molecule has 0 bridgehead atoms. The summed E-state index contributed by atoms with van der Waals surface area (Å²) in [6, 6.07) is 9.46. The van der Waals surface area contributed by atoms with E-state index in [0.717, 1.165) is 16.5 Å². The predicted octanol–water partition coefficient (Wildman–Crippen LogP) is 3.51. The molecule has 1 atom stereocenters. The number of aliphatic hydroxyl groups is 1. The molecule has 1 amide bonds. The molecule has 0 aliphatic rings. The minimum absolute atomic E-state index is 0.0956. The monoisotopic (exact) mass is 394 g/mol. The van der Waals surface area contributed by atoms with Crippen LogP contribution in [0.3, 0.4) is 0 Å². The summed E-state index contributed by atoms with van der Waals surface area (Å²) in [5.74, 6) is -0.252. The second-order valence-corrected chi connectivity index (χ2v) is 7.30. The number of nitrogens with zero attached hydrogens (tertiary/aromatic N) is 3. The summed E-state index contributed by atoms with van der Waals surface area (Å²) in [6.45, 7) is 1.81. The summed E-state index contributed by atoms with van der Waals surface area (Å²) < 4.78 is 5.50. The molecule has 2 N–H and O–H groups in total. The molecular weight excluding hydrogens is 376 g/mol. The van der Waals surface area contributed by atoms with Crippen LogP contribution in [0.5, 0.6) is 0 Å². The van der Waals surface area contributed by atoms with E-state index in [0.29, 0.717) is 27.6 Å². The van der Waals surface area contributed by atoms with E-state index in [1.165, 1.54) is 17.5 Å². The lowest BCUT2D eigenvalue weighted by Gasteiger charge is -2.12. The Morgan fingerprint density at radius 3 is 2.82 bits per heavy atom. The van der Waals surface area contributed by atoms with Gasteiger partial charge in [-0.15, -0.1) is 11.3 Å². The van der Waals surface area contributed by atoms with Crippen LogP contribution in [0.1, 0.15) is 23.0 Å². The molecule has 0 spiro atoms. The van der Waals surface area contributed by atoms with E-state index < -0.39 is 0 Å². The largest absolute Gasteiger partial charge is 0.394 e. The molecule has 28 heavy (non-hydrogen) atoms. The number of fused-ring (bicyclic) bond motifs is 1. The Labute approximate surface area is 165 Å². The number of aliphatic hydroxyl groups excluding tert-OH is 1. The number of amides is 1. The van der Waals surface area contributed by atoms with Crippen molar-refractivity contribution >= 4 is 28.2 Å². The van der Waals surface area contributed by atoms with E-state index in [4.69, 9.17) is 4.52 Å². The molecule has 4 rings (SSSR count). The quantitative estimate of drug-likeness (QED) is 0.519. The Balaban J connectivity index is 1.62. The number of hydrogen-bond donors (Lipinski definition) is 2. The highest BCUT2D eigenvalue weighted by Crippen LogP contribution is 2.33. The first-order chi connectivity index (χ1) is 13.7. The average molecular weight is 394 g/mol. The molecule has 1 aromatic carbocycles. The van der Waals surface area contributed by atoms with Crippen LogP contribution in [0, 0.1) is 0 Å². The lowest BCUT2D eigenvalue weighted by Crippen LogP contribution is -2.36. The van der Waals surface area contributed by atoms with Crippen molar-refractivity contribution in [2.24, 2.45) is 0 Å². The SMILES string of the molecule is CCC(CO)NC(=O)c1cnc(-c2noc3cc(-c4ccncc4)ccc23)s1. The maximum atomic E-state index is 12.3. The van der Waals surface area contributed by atoms with Crippen molar-refractivity contribution in [3.05, 3.63) is 53.8 Å². The first-order valence-corrected chi connectivity index (χ1v) is 9.69.